The van der Waals surface area contributed by atoms with Crippen LogP contribution in [0.25, 0.3) is 0 Å². The molecule has 140 valence electrons. The highest BCUT2D eigenvalue weighted by Gasteiger charge is 2.13. The average Bonchev–Trinajstić information content (AvgIpc) is 2.54. The number of benzene rings is 1. The standard InChI is InChI=1S/C20H33N3O2/c1-15(2)7-6-8-16(3)22-19(24)14-23(5)13-17-9-11-18(12-10-17)20(25)21-4/h9-12,15-16H,6-8,13-14H2,1-5H3,(H,21,25)(H,22,24)/p+1/t16-/m1/s1. The molecule has 0 spiro atoms. The number of nitrogens with one attached hydrogen (secondary N) is 3. The fourth-order valence-electron chi connectivity index (χ4n) is 2.83. The largest absolute Gasteiger partial charge is 0.355 e. The van der Waals surface area contributed by atoms with Crippen molar-refractivity contribution in [1.29, 1.82) is 0 Å². The van der Waals surface area contributed by atoms with Crippen LogP contribution in [0.3, 0.4) is 0 Å². The molecular weight excluding hydrogens is 314 g/mol. The molecule has 0 aliphatic heterocycles. The lowest BCUT2D eigenvalue weighted by molar-refractivity contribution is -0.885. The molecule has 1 aromatic rings. The van der Waals surface area contributed by atoms with Gasteiger partial charge in [-0.15, -0.1) is 0 Å². The molecule has 0 radical (unpaired) electrons. The minimum absolute atomic E-state index is 0.0851. The minimum atomic E-state index is -0.0851. The summed E-state index contributed by atoms with van der Waals surface area (Å²) >= 11 is 0. The second kappa shape index (κ2) is 10.9. The summed E-state index contributed by atoms with van der Waals surface area (Å²) in [4.78, 5) is 24.8. The van der Waals surface area contributed by atoms with Gasteiger partial charge in [-0.3, -0.25) is 9.59 Å². The SMILES string of the molecule is CNC(=O)c1ccc(C[NH+](C)CC(=O)N[C@H](C)CCCC(C)C)cc1. The van der Waals surface area contributed by atoms with E-state index >= 15 is 0 Å². The summed E-state index contributed by atoms with van der Waals surface area (Å²) in [5, 5.41) is 5.70. The van der Waals surface area contributed by atoms with Gasteiger partial charge in [0.15, 0.2) is 6.54 Å². The molecule has 1 rings (SSSR count). The van der Waals surface area contributed by atoms with Gasteiger partial charge in [0.25, 0.3) is 11.8 Å². The van der Waals surface area contributed by atoms with Gasteiger partial charge in [-0.2, -0.15) is 0 Å². The molecule has 2 amide bonds. The van der Waals surface area contributed by atoms with Gasteiger partial charge >= 0.3 is 0 Å². The normalized spacial score (nSPS) is 13.4. The molecule has 0 aliphatic carbocycles. The Morgan fingerprint density at radius 3 is 2.28 bits per heavy atom. The summed E-state index contributed by atoms with van der Waals surface area (Å²) in [5.74, 6) is 0.725. The van der Waals surface area contributed by atoms with Gasteiger partial charge in [0, 0.05) is 24.2 Å². The van der Waals surface area contributed by atoms with Crippen molar-refractivity contribution in [2.75, 3.05) is 20.6 Å². The van der Waals surface area contributed by atoms with Crippen molar-refractivity contribution in [2.24, 2.45) is 5.92 Å². The van der Waals surface area contributed by atoms with E-state index in [1.807, 2.05) is 31.3 Å². The van der Waals surface area contributed by atoms with E-state index in [-0.39, 0.29) is 17.9 Å². The number of likely N-dealkylation sites (N-methyl/N-ethyl adjacent to an activating group) is 1. The molecule has 0 saturated carbocycles. The number of rotatable bonds is 10. The van der Waals surface area contributed by atoms with Gasteiger partial charge in [0.2, 0.25) is 0 Å². The molecule has 1 aromatic carbocycles. The first kappa shape index (κ1) is 21.2. The Kier molecular flexibility index (Phi) is 9.21. The van der Waals surface area contributed by atoms with Gasteiger partial charge in [-0.05, 0) is 31.4 Å². The highest BCUT2D eigenvalue weighted by atomic mass is 16.2. The lowest BCUT2D eigenvalue weighted by Gasteiger charge is -2.17. The molecule has 5 nitrogen and oxygen atoms in total. The minimum Gasteiger partial charge on any atom is -0.355 e. The van der Waals surface area contributed by atoms with Gasteiger partial charge in [0.05, 0.1) is 7.05 Å². The third-order valence-electron chi connectivity index (χ3n) is 4.24. The zero-order valence-electron chi connectivity index (χ0n) is 16.3. The maximum Gasteiger partial charge on any atom is 0.275 e. The molecule has 3 N–H and O–H groups in total. The molecule has 0 fully saturated rings. The summed E-state index contributed by atoms with van der Waals surface area (Å²) in [5.41, 5.74) is 1.76. The highest BCUT2D eigenvalue weighted by Crippen LogP contribution is 2.08. The van der Waals surface area contributed by atoms with E-state index in [0.29, 0.717) is 18.0 Å². The predicted octanol–water partition coefficient (Wildman–Crippen LogP) is 1.39. The van der Waals surface area contributed by atoms with Crippen molar-refractivity contribution < 1.29 is 14.5 Å². The molecule has 0 saturated heterocycles. The Bertz CT molecular complexity index is 540. The van der Waals surface area contributed by atoms with Crippen LogP contribution in [-0.4, -0.2) is 38.5 Å². The zero-order valence-corrected chi connectivity index (χ0v) is 16.3. The lowest BCUT2D eigenvalue weighted by atomic mass is 10.0. The molecule has 2 atom stereocenters. The van der Waals surface area contributed by atoms with E-state index in [1.165, 1.54) is 6.42 Å². The molecule has 0 heterocycles. The molecule has 25 heavy (non-hydrogen) atoms. The fourth-order valence-corrected chi connectivity index (χ4v) is 2.83. The van der Waals surface area contributed by atoms with Crippen LogP contribution in [0.5, 0.6) is 0 Å². The number of amides is 2. The fraction of sp³-hybridized carbons (Fsp3) is 0.600. The van der Waals surface area contributed by atoms with E-state index in [4.69, 9.17) is 0 Å². The van der Waals surface area contributed by atoms with Crippen LogP contribution in [0.2, 0.25) is 0 Å². The van der Waals surface area contributed by atoms with Crippen molar-refractivity contribution in [3.05, 3.63) is 35.4 Å². The number of hydrogen-bond acceptors (Lipinski definition) is 2. The topological polar surface area (TPSA) is 62.6 Å². The van der Waals surface area contributed by atoms with Crippen molar-refractivity contribution in [2.45, 2.75) is 52.6 Å². The number of hydrogen-bond donors (Lipinski definition) is 3. The first-order chi connectivity index (χ1) is 11.8. The monoisotopic (exact) mass is 348 g/mol. The van der Waals surface area contributed by atoms with Crippen LogP contribution in [0.4, 0.5) is 0 Å². The zero-order chi connectivity index (χ0) is 18.8. The number of carbonyl (C=O) groups excluding carboxylic acids is 2. The first-order valence-corrected chi connectivity index (χ1v) is 9.23. The third kappa shape index (κ3) is 8.68. The molecule has 0 aromatic heterocycles. The Hall–Kier alpha value is -1.88. The van der Waals surface area contributed by atoms with Crippen LogP contribution in [0.15, 0.2) is 24.3 Å². The van der Waals surface area contributed by atoms with Crippen LogP contribution in [0.1, 0.15) is 56.0 Å². The Morgan fingerprint density at radius 1 is 1.08 bits per heavy atom. The van der Waals surface area contributed by atoms with Crippen molar-refractivity contribution in [3.8, 4) is 0 Å². The smallest absolute Gasteiger partial charge is 0.275 e. The average molecular weight is 349 g/mol. The third-order valence-corrected chi connectivity index (χ3v) is 4.24. The Balaban J connectivity index is 2.36. The van der Waals surface area contributed by atoms with Gasteiger partial charge in [-0.1, -0.05) is 38.8 Å². The quantitative estimate of drug-likeness (QED) is 0.598. The second-order valence-corrected chi connectivity index (χ2v) is 7.38. The first-order valence-electron chi connectivity index (χ1n) is 9.23. The highest BCUT2D eigenvalue weighted by molar-refractivity contribution is 5.93. The summed E-state index contributed by atoms with van der Waals surface area (Å²) in [6, 6.07) is 7.75. The van der Waals surface area contributed by atoms with E-state index < -0.39 is 0 Å². The number of carbonyl (C=O) groups is 2. The summed E-state index contributed by atoms with van der Waals surface area (Å²) in [6.07, 6.45) is 3.39. The summed E-state index contributed by atoms with van der Waals surface area (Å²) in [6.45, 7) is 7.73. The maximum absolute atomic E-state index is 12.1. The van der Waals surface area contributed by atoms with Crippen LogP contribution in [0, 0.1) is 5.92 Å². The van der Waals surface area contributed by atoms with Crippen LogP contribution >= 0.6 is 0 Å². The van der Waals surface area contributed by atoms with E-state index in [9.17, 15) is 9.59 Å². The van der Waals surface area contributed by atoms with Crippen LogP contribution < -0.4 is 15.5 Å². The van der Waals surface area contributed by atoms with Gasteiger partial charge in [0.1, 0.15) is 6.54 Å². The Labute approximate surface area is 152 Å². The number of quaternary nitrogens is 1. The van der Waals surface area contributed by atoms with Crippen molar-refractivity contribution >= 4 is 11.8 Å². The van der Waals surface area contributed by atoms with Crippen molar-refractivity contribution in [1.82, 2.24) is 10.6 Å². The molecule has 0 aliphatic rings. The summed E-state index contributed by atoms with van der Waals surface area (Å²) in [7, 11) is 3.63. The van der Waals surface area contributed by atoms with Gasteiger partial charge in [-0.25, -0.2) is 0 Å². The second-order valence-electron chi connectivity index (χ2n) is 7.38. The maximum atomic E-state index is 12.1. The van der Waals surface area contributed by atoms with E-state index in [2.05, 4.69) is 31.4 Å². The van der Waals surface area contributed by atoms with E-state index in [1.54, 1.807) is 7.05 Å². The van der Waals surface area contributed by atoms with Crippen molar-refractivity contribution in [3.63, 3.8) is 0 Å². The Morgan fingerprint density at radius 2 is 1.72 bits per heavy atom. The summed E-state index contributed by atoms with van der Waals surface area (Å²) < 4.78 is 0. The molecule has 0 bridgehead atoms. The van der Waals surface area contributed by atoms with Gasteiger partial charge < -0.3 is 15.5 Å². The van der Waals surface area contributed by atoms with E-state index in [0.717, 1.165) is 29.8 Å². The molecular formula is C20H34N3O2+. The van der Waals surface area contributed by atoms with Crippen LogP contribution in [-0.2, 0) is 11.3 Å². The lowest BCUT2D eigenvalue weighted by Crippen LogP contribution is -3.09. The molecule has 5 heteroatoms. The molecule has 1 unspecified atom stereocenters. The predicted molar refractivity (Wildman–Crippen MR) is 102 cm³/mol.